The lowest BCUT2D eigenvalue weighted by Gasteiger charge is -2.17. The van der Waals surface area contributed by atoms with Crippen molar-refractivity contribution >= 4 is 34.9 Å². The van der Waals surface area contributed by atoms with Crippen molar-refractivity contribution in [3.05, 3.63) is 47.0 Å². The normalized spacial score (nSPS) is 10.6. The quantitative estimate of drug-likeness (QED) is 0.319. The molecule has 0 atom stereocenters. The molecule has 0 aliphatic heterocycles. The molecule has 1 heterocycles. The number of methoxy groups -OCH3 is 3. The number of ether oxygens (including phenoxy) is 3. The molecule has 7 nitrogen and oxygen atoms in total. The van der Waals surface area contributed by atoms with E-state index in [0.29, 0.717) is 50.2 Å². The lowest BCUT2D eigenvalue weighted by molar-refractivity contribution is 0.324. The maximum absolute atomic E-state index is 10.0. The molecule has 3 aromatic rings. The molecule has 0 amide bonds. The number of hydrogen-bond donors (Lipinski definition) is 1. The zero-order valence-electron chi connectivity index (χ0n) is 18.4. The largest absolute Gasteiger partial charge is 0.493 e. The van der Waals surface area contributed by atoms with Gasteiger partial charge in [-0.1, -0.05) is 49.3 Å². The summed E-state index contributed by atoms with van der Waals surface area (Å²) in [6.45, 7) is 4.10. The maximum Gasteiger partial charge on any atom is 0.203 e. The number of benzene rings is 2. The maximum atomic E-state index is 10.0. The zero-order valence-corrected chi connectivity index (χ0v) is 20.0. The Morgan fingerprint density at radius 1 is 1.03 bits per heavy atom. The highest BCUT2D eigenvalue weighted by atomic mass is 35.5. The Bertz CT molecular complexity index is 1140. The third-order valence-electron chi connectivity index (χ3n) is 4.41. The molecule has 0 radical (unpaired) electrons. The number of halogens is 1. The van der Waals surface area contributed by atoms with Crippen molar-refractivity contribution in [2.75, 3.05) is 26.6 Å². The summed E-state index contributed by atoms with van der Waals surface area (Å²) in [5.41, 5.74) is 1.98. The number of para-hydroxylation sites is 1. The SMILES string of the molecule is COc1cc(-c2nc(SC(C)C)nc(Nc3ccccc3Cl)c2C#N)cc(OC)c1OC. The van der Waals surface area contributed by atoms with Crippen molar-refractivity contribution in [1.82, 2.24) is 9.97 Å². The van der Waals surface area contributed by atoms with Gasteiger partial charge >= 0.3 is 0 Å². The van der Waals surface area contributed by atoms with E-state index in [1.807, 2.05) is 32.0 Å². The third-order valence-corrected chi connectivity index (χ3v) is 5.60. The standard InChI is InChI=1S/C23H23ClN4O3S/c1-13(2)32-23-27-20(14-10-18(29-3)21(31-5)19(11-14)30-4)15(12-25)22(28-23)26-17-9-7-6-8-16(17)24/h6-11,13H,1-5H3,(H,26,27,28). The van der Waals surface area contributed by atoms with E-state index in [4.69, 9.17) is 25.8 Å². The van der Waals surface area contributed by atoms with Crippen LogP contribution >= 0.6 is 23.4 Å². The fourth-order valence-corrected chi connectivity index (χ4v) is 3.91. The zero-order chi connectivity index (χ0) is 23.3. The number of aromatic nitrogens is 2. The fourth-order valence-electron chi connectivity index (χ4n) is 3.02. The molecule has 0 fully saturated rings. The van der Waals surface area contributed by atoms with E-state index in [-0.39, 0.29) is 10.8 Å². The van der Waals surface area contributed by atoms with Gasteiger partial charge in [-0.3, -0.25) is 0 Å². The Hall–Kier alpha value is -3.15. The van der Waals surface area contributed by atoms with Crippen molar-refractivity contribution in [1.29, 1.82) is 5.26 Å². The lowest BCUT2D eigenvalue weighted by atomic mass is 10.1. The predicted molar refractivity (Wildman–Crippen MR) is 128 cm³/mol. The van der Waals surface area contributed by atoms with Gasteiger partial charge in [-0.25, -0.2) is 9.97 Å². The molecule has 0 saturated carbocycles. The van der Waals surface area contributed by atoms with Crippen LogP contribution in [0.1, 0.15) is 19.4 Å². The number of anilines is 2. The number of nitrogens with zero attached hydrogens (tertiary/aromatic N) is 3. The highest BCUT2D eigenvalue weighted by Crippen LogP contribution is 2.42. The van der Waals surface area contributed by atoms with Gasteiger partial charge in [0.05, 0.1) is 37.7 Å². The van der Waals surface area contributed by atoms with Crippen LogP contribution in [0.3, 0.4) is 0 Å². The second-order valence-electron chi connectivity index (χ2n) is 6.88. The summed E-state index contributed by atoms with van der Waals surface area (Å²) in [5, 5.41) is 14.5. The number of thioether (sulfide) groups is 1. The van der Waals surface area contributed by atoms with Gasteiger partial charge < -0.3 is 19.5 Å². The summed E-state index contributed by atoms with van der Waals surface area (Å²) in [6, 6.07) is 13.0. The average Bonchev–Trinajstić information content (AvgIpc) is 2.78. The molecular formula is C23H23ClN4O3S. The van der Waals surface area contributed by atoms with E-state index in [1.54, 1.807) is 18.2 Å². The van der Waals surface area contributed by atoms with Gasteiger partial charge in [-0.2, -0.15) is 5.26 Å². The van der Waals surface area contributed by atoms with Crippen LogP contribution < -0.4 is 19.5 Å². The number of nitriles is 1. The fraction of sp³-hybridized carbons (Fsp3) is 0.261. The molecule has 2 aromatic carbocycles. The summed E-state index contributed by atoms with van der Waals surface area (Å²) in [4.78, 5) is 9.29. The number of rotatable bonds is 8. The van der Waals surface area contributed by atoms with E-state index >= 15 is 0 Å². The summed E-state index contributed by atoms with van der Waals surface area (Å²) < 4.78 is 16.4. The van der Waals surface area contributed by atoms with Crippen LogP contribution in [0, 0.1) is 11.3 Å². The van der Waals surface area contributed by atoms with Crippen molar-refractivity contribution < 1.29 is 14.2 Å². The second-order valence-corrected chi connectivity index (χ2v) is 8.83. The Morgan fingerprint density at radius 3 is 2.22 bits per heavy atom. The lowest BCUT2D eigenvalue weighted by Crippen LogP contribution is -2.05. The van der Waals surface area contributed by atoms with Gasteiger partial charge in [-0.15, -0.1) is 0 Å². The first-order chi connectivity index (χ1) is 15.4. The van der Waals surface area contributed by atoms with Crippen molar-refractivity contribution in [3.63, 3.8) is 0 Å². The summed E-state index contributed by atoms with van der Waals surface area (Å²) >= 11 is 7.81. The summed E-state index contributed by atoms with van der Waals surface area (Å²) in [7, 11) is 4.61. The van der Waals surface area contributed by atoms with E-state index in [1.165, 1.54) is 33.1 Å². The molecule has 0 bridgehead atoms. The number of hydrogen-bond acceptors (Lipinski definition) is 8. The van der Waals surface area contributed by atoms with Crippen LogP contribution in [0.25, 0.3) is 11.3 Å². The Kier molecular flexibility index (Phi) is 7.67. The van der Waals surface area contributed by atoms with Gasteiger partial charge in [0.1, 0.15) is 11.6 Å². The van der Waals surface area contributed by atoms with Crippen LogP contribution in [-0.2, 0) is 0 Å². The molecule has 1 N–H and O–H groups in total. The molecule has 0 aliphatic carbocycles. The van der Waals surface area contributed by atoms with Gasteiger partial charge in [0.2, 0.25) is 5.75 Å². The van der Waals surface area contributed by atoms with Crippen LogP contribution in [0.15, 0.2) is 41.6 Å². The first-order valence-electron chi connectivity index (χ1n) is 9.72. The molecular weight excluding hydrogens is 448 g/mol. The molecule has 0 saturated heterocycles. The minimum atomic E-state index is 0.240. The molecule has 1 aromatic heterocycles. The van der Waals surface area contributed by atoms with Crippen molar-refractivity contribution in [2.45, 2.75) is 24.3 Å². The predicted octanol–water partition coefficient (Wildman–Crippen LogP) is 5.94. The van der Waals surface area contributed by atoms with Crippen molar-refractivity contribution in [3.8, 4) is 34.6 Å². The summed E-state index contributed by atoms with van der Waals surface area (Å²) in [5.74, 6) is 1.74. The van der Waals surface area contributed by atoms with Gasteiger partial charge in [-0.05, 0) is 24.3 Å². The van der Waals surface area contributed by atoms with Crippen LogP contribution in [0.2, 0.25) is 5.02 Å². The van der Waals surface area contributed by atoms with Crippen LogP contribution in [-0.4, -0.2) is 36.5 Å². The van der Waals surface area contributed by atoms with E-state index in [9.17, 15) is 5.26 Å². The molecule has 166 valence electrons. The number of nitrogens with one attached hydrogen (secondary N) is 1. The van der Waals surface area contributed by atoms with Crippen molar-refractivity contribution in [2.24, 2.45) is 0 Å². The van der Waals surface area contributed by atoms with E-state index < -0.39 is 0 Å². The van der Waals surface area contributed by atoms with Crippen LogP contribution in [0.5, 0.6) is 17.2 Å². The molecule has 32 heavy (non-hydrogen) atoms. The molecule has 3 rings (SSSR count). The first-order valence-corrected chi connectivity index (χ1v) is 11.0. The highest BCUT2D eigenvalue weighted by Gasteiger charge is 2.21. The monoisotopic (exact) mass is 470 g/mol. The molecule has 9 heteroatoms. The van der Waals surface area contributed by atoms with E-state index in [2.05, 4.69) is 21.4 Å². The van der Waals surface area contributed by atoms with E-state index in [0.717, 1.165) is 0 Å². The highest BCUT2D eigenvalue weighted by molar-refractivity contribution is 7.99. The minimum Gasteiger partial charge on any atom is -0.493 e. The minimum absolute atomic E-state index is 0.240. The topological polar surface area (TPSA) is 89.3 Å². The van der Waals surface area contributed by atoms with Gasteiger partial charge in [0.25, 0.3) is 0 Å². The Labute approximate surface area is 196 Å². The first kappa shape index (κ1) is 23.5. The Balaban J connectivity index is 2.25. The molecule has 0 unspecified atom stereocenters. The third kappa shape index (κ3) is 5.01. The molecule has 0 aliphatic rings. The average molecular weight is 471 g/mol. The Morgan fingerprint density at radius 2 is 1.69 bits per heavy atom. The van der Waals surface area contributed by atoms with Crippen LogP contribution in [0.4, 0.5) is 11.5 Å². The second kappa shape index (κ2) is 10.4. The smallest absolute Gasteiger partial charge is 0.203 e. The van der Waals surface area contributed by atoms with Gasteiger partial charge in [0.15, 0.2) is 22.5 Å². The summed E-state index contributed by atoms with van der Waals surface area (Å²) in [6.07, 6.45) is 0. The molecule has 0 spiro atoms. The van der Waals surface area contributed by atoms with Gasteiger partial charge in [0, 0.05) is 10.8 Å².